The molecule has 0 saturated heterocycles. The van der Waals surface area contributed by atoms with Crippen LogP contribution >= 0.6 is 15.9 Å². The fourth-order valence-corrected chi connectivity index (χ4v) is 4.57. The van der Waals surface area contributed by atoms with Crippen molar-refractivity contribution in [2.45, 2.75) is 4.90 Å². The first kappa shape index (κ1) is 21.3. The van der Waals surface area contributed by atoms with Crippen molar-refractivity contribution in [3.63, 3.8) is 0 Å². The van der Waals surface area contributed by atoms with Crippen LogP contribution in [0.1, 0.15) is 10.4 Å². The van der Waals surface area contributed by atoms with Crippen LogP contribution in [0.4, 0.5) is 17.1 Å². The molecule has 9 nitrogen and oxygen atoms in total. The number of sulfonamides is 1. The van der Waals surface area contributed by atoms with Crippen LogP contribution in [0.2, 0.25) is 0 Å². The molecule has 0 aliphatic rings. The summed E-state index contributed by atoms with van der Waals surface area (Å²) >= 11 is 3.16. The molecule has 3 N–H and O–H groups in total. The Labute approximate surface area is 179 Å². The molecule has 30 heavy (non-hydrogen) atoms. The molecule has 0 spiro atoms. The van der Waals surface area contributed by atoms with Gasteiger partial charge in [-0.05, 0) is 52.3 Å². The lowest BCUT2D eigenvalue weighted by Gasteiger charge is -2.12. The number of amides is 1. The summed E-state index contributed by atoms with van der Waals surface area (Å²) in [5, 5.41) is 22.9. The van der Waals surface area contributed by atoms with Crippen LogP contribution in [0.15, 0.2) is 76.1 Å². The lowest BCUT2D eigenvalue weighted by molar-refractivity contribution is -0.384. The van der Waals surface area contributed by atoms with Crippen LogP contribution in [0.5, 0.6) is 5.75 Å². The summed E-state index contributed by atoms with van der Waals surface area (Å²) in [7, 11) is -4.08. The minimum absolute atomic E-state index is 0.0287. The molecule has 0 aromatic heterocycles. The smallest absolute Gasteiger partial charge is 0.271 e. The first-order valence-electron chi connectivity index (χ1n) is 8.33. The number of non-ortho nitro benzene ring substituents is 1. The number of nitro benzene ring substituents is 1. The second kappa shape index (κ2) is 8.51. The zero-order valence-electron chi connectivity index (χ0n) is 15.1. The molecule has 0 heterocycles. The molecule has 3 aromatic carbocycles. The number of aromatic hydroxyl groups is 1. The molecule has 154 valence electrons. The number of phenols is 1. The number of rotatable bonds is 6. The molecule has 0 aliphatic heterocycles. The number of nitrogens with zero attached hydrogens (tertiary/aromatic N) is 1. The molecule has 0 aliphatic carbocycles. The Morgan fingerprint density at radius 2 is 1.70 bits per heavy atom. The minimum atomic E-state index is -4.08. The van der Waals surface area contributed by atoms with Gasteiger partial charge in [0.1, 0.15) is 10.6 Å². The van der Waals surface area contributed by atoms with E-state index >= 15 is 0 Å². The van der Waals surface area contributed by atoms with Crippen molar-refractivity contribution in [2.24, 2.45) is 0 Å². The zero-order chi connectivity index (χ0) is 21.9. The van der Waals surface area contributed by atoms with Crippen molar-refractivity contribution in [1.29, 1.82) is 0 Å². The predicted molar refractivity (Wildman–Crippen MR) is 114 cm³/mol. The quantitative estimate of drug-likeness (QED) is 0.350. The lowest BCUT2D eigenvalue weighted by atomic mass is 10.2. The summed E-state index contributed by atoms with van der Waals surface area (Å²) in [5.41, 5.74) is 0.177. The van der Waals surface area contributed by atoms with Gasteiger partial charge in [-0.25, -0.2) is 8.42 Å². The minimum Gasteiger partial charge on any atom is -0.508 e. The molecule has 3 rings (SSSR count). The summed E-state index contributed by atoms with van der Waals surface area (Å²) < 4.78 is 28.1. The zero-order valence-corrected chi connectivity index (χ0v) is 17.5. The van der Waals surface area contributed by atoms with Gasteiger partial charge in [-0.1, -0.05) is 12.1 Å². The molecule has 1 amide bonds. The topological polar surface area (TPSA) is 139 Å². The fourth-order valence-electron chi connectivity index (χ4n) is 2.53. The summed E-state index contributed by atoms with van der Waals surface area (Å²) in [6, 6.07) is 14.9. The SMILES string of the molecule is O=C(Nc1cccc([N+](=O)[O-])c1)c1ccc(Br)c(S(=O)(=O)Nc2cccc(O)c2)c1. The Morgan fingerprint density at radius 3 is 2.40 bits per heavy atom. The number of carbonyl (C=O) groups is 1. The van der Waals surface area contributed by atoms with Crippen LogP contribution < -0.4 is 10.0 Å². The largest absolute Gasteiger partial charge is 0.508 e. The standard InChI is InChI=1S/C19H14BrN3O6S/c20-17-8-7-12(19(25)21-13-3-1-5-15(10-13)23(26)27)9-18(17)30(28,29)22-14-4-2-6-16(24)11-14/h1-11,22,24H,(H,21,25). The highest BCUT2D eigenvalue weighted by Crippen LogP contribution is 2.27. The Hall–Kier alpha value is -3.44. The average molecular weight is 492 g/mol. The second-order valence-corrected chi connectivity index (χ2v) is 8.57. The van der Waals surface area contributed by atoms with Crippen molar-refractivity contribution in [3.05, 3.63) is 86.9 Å². The van der Waals surface area contributed by atoms with Crippen LogP contribution in [0.25, 0.3) is 0 Å². The highest BCUT2D eigenvalue weighted by molar-refractivity contribution is 9.10. The van der Waals surface area contributed by atoms with E-state index in [4.69, 9.17) is 0 Å². The average Bonchev–Trinajstić information content (AvgIpc) is 2.68. The Bertz CT molecular complexity index is 1250. The molecule has 0 bridgehead atoms. The first-order chi connectivity index (χ1) is 14.2. The van der Waals surface area contributed by atoms with Crippen molar-refractivity contribution in [3.8, 4) is 5.75 Å². The van der Waals surface area contributed by atoms with Crippen LogP contribution in [-0.2, 0) is 10.0 Å². The summed E-state index contributed by atoms with van der Waals surface area (Å²) in [4.78, 5) is 22.6. The Morgan fingerprint density at radius 1 is 1.00 bits per heavy atom. The number of carbonyl (C=O) groups excluding carboxylic acids is 1. The highest BCUT2D eigenvalue weighted by atomic mass is 79.9. The third-order valence-electron chi connectivity index (χ3n) is 3.90. The monoisotopic (exact) mass is 491 g/mol. The molecule has 0 unspecified atom stereocenters. The highest BCUT2D eigenvalue weighted by Gasteiger charge is 2.21. The van der Waals surface area contributed by atoms with E-state index in [1.54, 1.807) is 0 Å². The number of benzene rings is 3. The summed E-state index contributed by atoms with van der Waals surface area (Å²) in [6.07, 6.45) is 0. The molecular weight excluding hydrogens is 478 g/mol. The molecule has 0 atom stereocenters. The van der Waals surface area contributed by atoms with E-state index in [2.05, 4.69) is 26.0 Å². The van der Waals surface area contributed by atoms with Crippen molar-refractivity contribution >= 4 is 48.9 Å². The number of anilines is 2. The number of nitro groups is 1. The third kappa shape index (κ3) is 4.93. The van der Waals surface area contributed by atoms with Gasteiger partial charge in [-0.3, -0.25) is 19.6 Å². The number of hydrogen-bond donors (Lipinski definition) is 3. The molecule has 3 aromatic rings. The Kier molecular flexibility index (Phi) is 6.04. The van der Waals surface area contributed by atoms with Gasteiger partial charge in [-0.2, -0.15) is 0 Å². The van der Waals surface area contributed by atoms with Crippen LogP contribution in [0, 0.1) is 10.1 Å². The molecule has 11 heteroatoms. The van der Waals surface area contributed by atoms with E-state index in [0.29, 0.717) is 0 Å². The first-order valence-corrected chi connectivity index (χ1v) is 10.6. The molecule has 0 radical (unpaired) electrons. The van der Waals surface area contributed by atoms with Gasteiger partial charge in [0.15, 0.2) is 0 Å². The summed E-state index contributed by atoms with van der Waals surface area (Å²) in [5.74, 6) is -0.754. The number of hydrogen-bond acceptors (Lipinski definition) is 6. The van der Waals surface area contributed by atoms with Gasteiger partial charge >= 0.3 is 0 Å². The summed E-state index contributed by atoms with van der Waals surface area (Å²) in [6.45, 7) is 0. The predicted octanol–water partition coefficient (Wildman–Crippen LogP) is 4.12. The van der Waals surface area contributed by atoms with Crippen molar-refractivity contribution in [2.75, 3.05) is 10.0 Å². The van der Waals surface area contributed by atoms with E-state index in [1.165, 1.54) is 66.7 Å². The van der Waals surface area contributed by atoms with E-state index in [9.17, 15) is 28.4 Å². The fraction of sp³-hybridized carbons (Fsp3) is 0. The van der Waals surface area contributed by atoms with E-state index in [1.807, 2.05) is 0 Å². The normalized spacial score (nSPS) is 11.0. The third-order valence-corrected chi connectivity index (χ3v) is 6.27. The maximum atomic E-state index is 12.8. The lowest BCUT2D eigenvalue weighted by Crippen LogP contribution is -2.16. The van der Waals surface area contributed by atoms with Gasteiger partial charge in [0.25, 0.3) is 21.6 Å². The van der Waals surface area contributed by atoms with E-state index in [-0.39, 0.29) is 37.7 Å². The van der Waals surface area contributed by atoms with E-state index < -0.39 is 20.9 Å². The maximum absolute atomic E-state index is 12.8. The molecule has 0 fully saturated rings. The van der Waals surface area contributed by atoms with Gasteiger partial charge in [0.05, 0.1) is 10.6 Å². The van der Waals surface area contributed by atoms with Crippen LogP contribution in [-0.4, -0.2) is 24.4 Å². The van der Waals surface area contributed by atoms with Gasteiger partial charge < -0.3 is 10.4 Å². The number of phenolic OH excluding ortho intramolecular Hbond substituents is 1. The maximum Gasteiger partial charge on any atom is 0.271 e. The van der Waals surface area contributed by atoms with Crippen molar-refractivity contribution < 1.29 is 23.2 Å². The van der Waals surface area contributed by atoms with Gasteiger partial charge in [0.2, 0.25) is 0 Å². The van der Waals surface area contributed by atoms with Gasteiger partial charge in [-0.15, -0.1) is 0 Å². The Balaban J connectivity index is 1.88. The number of nitrogens with one attached hydrogen (secondary N) is 2. The molecular formula is C19H14BrN3O6S. The van der Waals surface area contributed by atoms with Crippen LogP contribution in [0.3, 0.4) is 0 Å². The second-order valence-electron chi connectivity index (χ2n) is 6.06. The number of halogens is 1. The van der Waals surface area contributed by atoms with E-state index in [0.717, 1.165) is 0 Å². The van der Waals surface area contributed by atoms with Crippen molar-refractivity contribution in [1.82, 2.24) is 0 Å². The van der Waals surface area contributed by atoms with Gasteiger partial charge in [0, 0.05) is 33.9 Å². The molecule has 0 saturated carbocycles.